The summed E-state index contributed by atoms with van der Waals surface area (Å²) in [5.41, 5.74) is 28.5. The van der Waals surface area contributed by atoms with Gasteiger partial charge in [0.05, 0.1) is 44.5 Å². The van der Waals surface area contributed by atoms with Gasteiger partial charge >= 0.3 is 0 Å². The third kappa shape index (κ3) is 7.49. The van der Waals surface area contributed by atoms with Crippen LogP contribution in [0.1, 0.15) is 22.3 Å². The third-order valence-electron chi connectivity index (χ3n) is 18.5. The van der Waals surface area contributed by atoms with Crippen molar-refractivity contribution in [2.45, 2.75) is 27.7 Å². The van der Waals surface area contributed by atoms with Crippen LogP contribution in [0.4, 0.5) is 34.1 Å². The van der Waals surface area contributed by atoms with Crippen molar-refractivity contribution in [3.8, 4) is 44.5 Å². The number of anilines is 6. The van der Waals surface area contributed by atoms with Crippen LogP contribution in [0.15, 0.2) is 279 Å². The van der Waals surface area contributed by atoms with Gasteiger partial charge in [-0.05, 0) is 155 Å². The SMILES string of the molecule is Cc1ccc(-c2ccccc2)cc1N(c1cc(-c2ccccc2)ccc1C)c1ccc2c3cc4c(cc3n3c5ccccc5c1c23)c1ccc(N(c2cc(-c3ccccc3)ccc2C)c2cc(-c3ccccc3)ccc2C)c2c3ccccc3n4c12. The number of aromatic nitrogens is 2. The minimum Gasteiger partial charge on any atom is -0.309 e. The summed E-state index contributed by atoms with van der Waals surface area (Å²) in [6.07, 6.45) is 0. The second-order valence-corrected chi connectivity index (χ2v) is 23.4. The second-order valence-electron chi connectivity index (χ2n) is 23.4. The number of benzene rings is 13. The minimum absolute atomic E-state index is 1.15. The fraction of sp³-hybridized carbons (Fsp3) is 0.0488. The van der Waals surface area contributed by atoms with Crippen LogP contribution >= 0.6 is 0 Å². The molecule has 0 N–H and O–H groups in total. The first-order chi connectivity index (χ1) is 42.3. The molecule has 4 heteroatoms. The molecule has 86 heavy (non-hydrogen) atoms. The summed E-state index contributed by atoms with van der Waals surface area (Å²) in [4.78, 5) is 5.11. The van der Waals surface area contributed by atoms with Crippen molar-refractivity contribution in [3.63, 3.8) is 0 Å². The van der Waals surface area contributed by atoms with E-state index in [9.17, 15) is 0 Å². The number of fused-ring (bicyclic) bond motifs is 12. The normalized spacial score (nSPS) is 12.0. The smallest absolute Gasteiger partial charge is 0.0641 e. The molecular weight excluding hydrogens is 1040 g/mol. The maximum absolute atomic E-state index is 2.57. The molecule has 0 aliphatic heterocycles. The van der Waals surface area contributed by atoms with Crippen LogP contribution in [-0.2, 0) is 0 Å². The van der Waals surface area contributed by atoms with Crippen molar-refractivity contribution in [1.82, 2.24) is 8.80 Å². The van der Waals surface area contributed by atoms with Crippen LogP contribution < -0.4 is 9.80 Å². The lowest BCUT2D eigenvalue weighted by atomic mass is 9.97. The molecule has 17 rings (SSSR count). The van der Waals surface area contributed by atoms with Crippen LogP contribution in [0.3, 0.4) is 0 Å². The van der Waals surface area contributed by atoms with E-state index >= 15 is 0 Å². The standard InChI is InChI=1S/C82H58N4/c1-51-33-37-59(55-21-9-5-10-22-55)45-73(51)83(74-46-60(38-34-52(74)2)56-23-11-6-12-24-56)71-43-41-63-67-49-78-68(50-77(67)85-69-31-19-17-29-65(69)79(71)81(63)85)64-42-44-72(80-66-30-18-20-32-70(66)86(78)82(64)80)84(75-47-61(39-35-53(75)3)57-25-13-7-14-26-57)76-48-62(40-36-54(76)4)58-27-15-8-16-28-58/h5-50H,1-4H3. The molecule has 4 nitrogen and oxygen atoms in total. The van der Waals surface area contributed by atoms with Crippen molar-refractivity contribution in [1.29, 1.82) is 0 Å². The summed E-state index contributed by atoms with van der Waals surface area (Å²) >= 11 is 0. The van der Waals surface area contributed by atoms with E-state index in [1.54, 1.807) is 0 Å². The van der Waals surface area contributed by atoms with Gasteiger partial charge in [0.25, 0.3) is 0 Å². The Balaban J connectivity index is 0.929. The van der Waals surface area contributed by atoms with Gasteiger partial charge in [-0.2, -0.15) is 0 Å². The van der Waals surface area contributed by atoms with E-state index in [-0.39, 0.29) is 0 Å². The van der Waals surface area contributed by atoms with Crippen molar-refractivity contribution in [3.05, 3.63) is 301 Å². The highest BCUT2D eigenvalue weighted by atomic mass is 15.2. The zero-order valence-corrected chi connectivity index (χ0v) is 48.3. The molecule has 13 aromatic carbocycles. The maximum Gasteiger partial charge on any atom is 0.0641 e. The molecule has 0 aliphatic rings. The Hall–Kier alpha value is -10.9. The number of para-hydroxylation sites is 2. The molecule has 0 radical (unpaired) electrons. The third-order valence-corrected chi connectivity index (χ3v) is 18.5. The molecule has 0 unspecified atom stereocenters. The lowest BCUT2D eigenvalue weighted by molar-refractivity contribution is 1.24. The Bertz CT molecular complexity index is 4980. The summed E-state index contributed by atoms with van der Waals surface area (Å²) in [5.74, 6) is 0. The van der Waals surface area contributed by atoms with Gasteiger partial charge < -0.3 is 18.6 Å². The molecule has 4 aromatic heterocycles. The summed E-state index contributed by atoms with van der Waals surface area (Å²) in [6.45, 7) is 9.03. The molecule has 0 fully saturated rings. The predicted molar refractivity (Wildman–Crippen MR) is 366 cm³/mol. The van der Waals surface area contributed by atoms with Crippen LogP contribution in [0.5, 0.6) is 0 Å². The largest absolute Gasteiger partial charge is 0.309 e. The molecule has 0 aliphatic carbocycles. The van der Waals surface area contributed by atoms with Crippen molar-refractivity contribution < 1.29 is 0 Å². The average Bonchev–Trinajstić information content (AvgIpc) is 1.56. The Morgan fingerprint density at radius 3 is 0.814 bits per heavy atom. The van der Waals surface area contributed by atoms with E-state index in [0.717, 1.165) is 34.1 Å². The first kappa shape index (κ1) is 49.7. The van der Waals surface area contributed by atoms with Gasteiger partial charge in [0, 0.05) is 65.8 Å². The monoisotopic (exact) mass is 1100 g/mol. The maximum atomic E-state index is 2.57. The van der Waals surface area contributed by atoms with Crippen molar-refractivity contribution in [2.24, 2.45) is 0 Å². The van der Waals surface area contributed by atoms with Gasteiger partial charge in [0.15, 0.2) is 0 Å². The minimum atomic E-state index is 1.15. The Kier molecular flexibility index (Phi) is 11.2. The van der Waals surface area contributed by atoms with Gasteiger partial charge in [0.2, 0.25) is 0 Å². The van der Waals surface area contributed by atoms with Crippen LogP contribution in [-0.4, -0.2) is 8.80 Å². The Morgan fingerprint density at radius 1 is 0.209 bits per heavy atom. The molecular formula is C82H58N4. The fourth-order valence-electron chi connectivity index (χ4n) is 14.3. The van der Waals surface area contributed by atoms with E-state index in [1.165, 1.54) is 143 Å². The summed E-state index contributed by atoms with van der Waals surface area (Å²) in [6, 6.07) is 104. The molecule has 0 spiro atoms. The predicted octanol–water partition coefficient (Wildman–Crippen LogP) is 22.8. The van der Waals surface area contributed by atoms with Crippen molar-refractivity contribution in [2.75, 3.05) is 9.80 Å². The highest BCUT2D eigenvalue weighted by Crippen LogP contribution is 2.53. The number of nitrogens with zero attached hydrogens (tertiary/aromatic N) is 4. The van der Waals surface area contributed by atoms with E-state index in [2.05, 4.69) is 325 Å². The topological polar surface area (TPSA) is 15.3 Å². The molecule has 0 saturated carbocycles. The lowest BCUT2D eigenvalue weighted by Gasteiger charge is -2.30. The van der Waals surface area contributed by atoms with Crippen LogP contribution in [0, 0.1) is 27.7 Å². The van der Waals surface area contributed by atoms with E-state index in [1.807, 2.05) is 0 Å². The highest BCUT2D eigenvalue weighted by Gasteiger charge is 2.30. The summed E-state index contributed by atoms with van der Waals surface area (Å²) < 4.78 is 5.14. The molecule has 0 atom stereocenters. The van der Waals surface area contributed by atoms with E-state index in [0.29, 0.717) is 0 Å². The highest BCUT2D eigenvalue weighted by molar-refractivity contribution is 6.32. The molecule has 0 saturated heterocycles. The van der Waals surface area contributed by atoms with Gasteiger partial charge in [-0.25, -0.2) is 0 Å². The molecule has 406 valence electrons. The second kappa shape index (κ2) is 19.3. The summed E-state index contributed by atoms with van der Waals surface area (Å²) in [7, 11) is 0. The van der Waals surface area contributed by atoms with Gasteiger partial charge in [-0.3, -0.25) is 0 Å². The Labute approximate surface area is 499 Å². The molecule has 17 aromatic rings. The van der Waals surface area contributed by atoms with E-state index < -0.39 is 0 Å². The number of hydrogen-bond acceptors (Lipinski definition) is 2. The molecule has 0 bridgehead atoms. The zero-order valence-electron chi connectivity index (χ0n) is 48.3. The fourth-order valence-corrected chi connectivity index (χ4v) is 14.3. The van der Waals surface area contributed by atoms with E-state index in [4.69, 9.17) is 0 Å². The van der Waals surface area contributed by atoms with Crippen molar-refractivity contribution >= 4 is 110 Å². The number of rotatable bonds is 10. The van der Waals surface area contributed by atoms with Gasteiger partial charge in [-0.15, -0.1) is 0 Å². The lowest BCUT2D eigenvalue weighted by Crippen LogP contribution is -2.13. The average molecular weight is 1100 g/mol. The Morgan fingerprint density at radius 2 is 0.500 bits per heavy atom. The molecule has 0 amide bonds. The summed E-state index contributed by atoms with van der Waals surface area (Å²) in [5, 5.41) is 9.87. The number of aryl methyl sites for hydroxylation is 4. The van der Waals surface area contributed by atoms with Gasteiger partial charge in [-0.1, -0.05) is 218 Å². The van der Waals surface area contributed by atoms with Gasteiger partial charge in [0.1, 0.15) is 0 Å². The van der Waals surface area contributed by atoms with Crippen LogP contribution in [0.25, 0.3) is 121 Å². The first-order valence-corrected chi connectivity index (χ1v) is 29.9. The quantitative estimate of drug-likeness (QED) is 0.136. The van der Waals surface area contributed by atoms with Crippen LogP contribution in [0.2, 0.25) is 0 Å². The number of hydrogen-bond donors (Lipinski definition) is 0. The zero-order chi connectivity index (χ0) is 57.3. The molecule has 4 heterocycles. The first-order valence-electron chi connectivity index (χ1n) is 29.9.